The smallest absolute Gasteiger partial charge is 0.304 e. The average Bonchev–Trinajstić information content (AvgIpc) is 2.18. The van der Waals surface area contributed by atoms with Crippen molar-refractivity contribution >= 4 is 5.97 Å². The van der Waals surface area contributed by atoms with Gasteiger partial charge >= 0.3 is 5.97 Å². The van der Waals surface area contributed by atoms with Gasteiger partial charge in [0.25, 0.3) is 0 Å². The predicted octanol–water partition coefficient (Wildman–Crippen LogP) is 1.99. The number of rotatable bonds is 8. The lowest BCUT2D eigenvalue weighted by Gasteiger charge is -2.34. The van der Waals surface area contributed by atoms with Crippen LogP contribution in [-0.2, 0) is 9.53 Å². The van der Waals surface area contributed by atoms with E-state index in [-0.39, 0.29) is 18.1 Å². The quantitative estimate of drug-likeness (QED) is 0.694. The van der Waals surface area contributed by atoms with Crippen LogP contribution in [0.2, 0.25) is 0 Å². The highest BCUT2D eigenvalue weighted by Gasteiger charge is 2.27. The molecule has 0 aliphatic carbocycles. The molecule has 0 aliphatic rings. The van der Waals surface area contributed by atoms with Crippen LogP contribution in [-0.4, -0.2) is 47.8 Å². The molecule has 0 fully saturated rings. The monoisotopic (exact) mass is 231 g/mol. The summed E-state index contributed by atoms with van der Waals surface area (Å²) in [6, 6.07) is 0.0439. The van der Waals surface area contributed by atoms with E-state index in [1.54, 1.807) is 7.11 Å². The fraction of sp³-hybridized carbons (Fsp3) is 0.917. The molecule has 0 radical (unpaired) electrons. The third-order valence-electron chi connectivity index (χ3n) is 3.02. The highest BCUT2D eigenvalue weighted by Crippen LogP contribution is 2.21. The van der Waals surface area contributed by atoms with Crippen LogP contribution in [0.1, 0.15) is 40.5 Å². The van der Waals surface area contributed by atoms with Crippen molar-refractivity contribution in [2.24, 2.45) is 0 Å². The van der Waals surface area contributed by atoms with E-state index in [2.05, 4.69) is 18.7 Å². The minimum atomic E-state index is -0.746. The summed E-state index contributed by atoms with van der Waals surface area (Å²) in [6.07, 6.45) is 0.909. The summed E-state index contributed by atoms with van der Waals surface area (Å²) >= 11 is 0. The van der Waals surface area contributed by atoms with Gasteiger partial charge in [0.1, 0.15) is 0 Å². The number of methoxy groups -OCH3 is 1. The molecule has 4 heteroatoms. The molecule has 0 heterocycles. The van der Waals surface area contributed by atoms with Crippen LogP contribution >= 0.6 is 0 Å². The van der Waals surface area contributed by atoms with Crippen molar-refractivity contribution in [1.82, 2.24) is 4.90 Å². The first-order valence-corrected chi connectivity index (χ1v) is 5.87. The van der Waals surface area contributed by atoms with Gasteiger partial charge in [0.15, 0.2) is 0 Å². The molecule has 0 saturated carbocycles. The Morgan fingerprint density at radius 3 is 2.19 bits per heavy atom. The minimum absolute atomic E-state index is 0.0439. The van der Waals surface area contributed by atoms with Gasteiger partial charge < -0.3 is 14.7 Å². The molecule has 96 valence electrons. The average molecular weight is 231 g/mol. The molecule has 0 bridgehead atoms. The molecule has 0 aromatic heterocycles. The maximum absolute atomic E-state index is 10.9. The number of ether oxygens (including phenoxy) is 1. The predicted molar refractivity (Wildman–Crippen MR) is 64.7 cm³/mol. The van der Waals surface area contributed by atoms with Crippen molar-refractivity contribution in [3.63, 3.8) is 0 Å². The summed E-state index contributed by atoms with van der Waals surface area (Å²) in [5, 5.41) is 8.93. The molecule has 0 saturated heterocycles. The number of carboxylic acids is 1. The second kappa shape index (κ2) is 6.86. The molecule has 0 rings (SSSR count). The Morgan fingerprint density at radius 2 is 1.88 bits per heavy atom. The number of nitrogens with zero attached hydrogens (tertiary/aromatic N) is 1. The standard InChI is InChI=1S/C12H25NO3/c1-6-13(7-2)10(8-11(14)15)9-12(3,4)16-5/h10H,6-9H2,1-5H3,(H,14,15). The van der Waals surface area contributed by atoms with E-state index in [1.807, 2.05) is 13.8 Å². The molecule has 0 aromatic carbocycles. The number of carbonyl (C=O) groups is 1. The molecule has 0 amide bonds. The van der Waals surface area contributed by atoms with E-state index >= 15 is 0 Å². The highest BCUT2D eigenvalue weighted by atomic mass is 16.5. The molecule has 0 aliphatic heterocycles. The third kappa shape index (κ3) is 5.47. The van der Waals surface area contributed by atoms with Crippen LogP contribution in [0.25, 0.3) is 0 Å². The Morgan fingerprint density at radius 1 is 1.38 bits per heavy atom. The zero-order valence-electron chi connectivity index (χ0n) is 11.1. The van der Waals surface area contributed by atoms with Gasteiger partial charge in [0, 0.05) is 13.2 Å². The maximum atomic E-state index is 10.9. The Balaban J connectivity index is 4.59. The summed E-state index contributed by atoms with van der Waals surface area (Å²) in [4.78, 5) is 13.0. The van der Waals surface area contributed by atoms with Crippen molar-refractivity contribution in [3.8, 4) is 0 Å². The first kappa shape index (κ1) is 15.4. The van der Waals surface area contributed by atoms with Crippen molar-refractivity contribution < 1.29 is 14.6 Å². The Bertz CT molecular complexity index is 212. The fourth-order valence-electron chi connectivity index (χ4n) is 1.92. The molecular weight excluding hydrogens is 206 g/mol. The molecule has 16 heavy (non-hydrogen) atoms. The number of hydrogen-bond donors (Lipinski definition) is 1. The van der Waals surface area contributed by atoms with Crippen molar-refractivity contribution in [2.75, 3.05) is 20.2 Å². The second-order valence-corrected chi connectivity index (χ2v) is 4.64. The largest absolute Gasteiger partial charge is 0.481 e. The van der Waals surface area contributed by atoms with Gasteiger partial charge in [0.2, 0.25) is 0 Å². The summed E-state index contributed by atoms with van der Waals surface area (Å²) in [5.41, 5.74) is -0.275. The van der Waals surface area contributed by atoms with Gasteiger partial charge in [-0.2, -0.15) is 0 Å². The Labute approximate surface area is 98.6 Å². The lowest BCUT2D eigenvalue weighted by atomic mass is 9.95. The van der Waals surface area contributed by atoms with Crippen molar-refractivity contribution in [3.05, 3.63) is 0 Å². The van der Waals surface area contributed by atoms with Crippen LogP contribution in [0.4, 0.5) is 0 Å². The van der Waals surface area contributed by atoms with Gasteiger partial charge in [-0.1, -0.05) is 13.8 Å². The van der Waals surface area contributed by atoms with Gasteiger partial charge in [-0.05, 0) is 33.4 Å². The van der Waals surface area contributed by atoms with Crippen LogP contribution in [0.5, 0.6) is 0 Å². The summed E-state index contributed by atoms with van der Waals surface area (Å²) in [7, 11) is 1.67. The van der Waals surface area contributed by atoms with Crippen LogP contribution in [0, 0.1) is 0 Å². The minimum Gasteiger partial charge on any atom is -0.481 e. The van der Waals surface area contributed by atoms with Crippen molar-refractivity contribution in [1.29, 1.82) is 0 Å². The topological polar surface area (TPSA) is 49.8 Å². The van der Waals surface area contributed by atoms with Gasteiger partial charge in [-0.25, -0.2) is 0 Å². The Kier molecular flexibility index (Phi) is 6.60. The van der Waals surface area contributed by atoms with E-state index in [0.717, 1.165) is 19.5 Å². The molecule has 4 nitrogen and oxygen atoms in total. The van der Waals surface area contributed by atoms with E-state index < -0.39 is 5.97 Å². The first-order chi connectivity index (χ1) is 7.36. The second-order valence-electron chi connectivity index (χ2n) is 4.64. The molecule has 0 spiro atoms. The molecule has 1 unspecified atom stereocenters. The fourth-order valence-corrected chi connectivity index (χ4v) is 1.92. The van der Waals surface area contributed by atoms with Gasteiger partial charge in [-0.3, -0.25) is 4.79 Å². The summed E-state index contributed by atoms with van der Waals surface area (Å²) in [6.45, 7) is 9.83. The van der Waals surface area contributed by atoms with Crippen LogP contribution in [0.3, 0.4) is 0 Å². The molecule has 1 N–H and O–H groups in total. The zero-order chi connectivity index (χ0) is 12.8. The number of hydrogen-bond acceptors (Lipinski definition) is 3. The van der Waals surface area contributed by atoms with E-state index in [1.165, 1.54) is 0 Å². The normalized spacial score (nSPS) is 14.1. The summed E-state index contributed by atoms with van der Waals surface area (Å²) < 4.78 is 5.37. The lowest BCUT2D eigenvalue weighted by molar-refractivity contribution is -0.139. The van der Waals surface area contributed by atoms with E-state index in [0.29, 0.717) is 0 Å². The number of carboxylic acid groups (broad SMARTS) is 1. The SMILES string of the molecule is CCN(CC)C(CC(=O)O)CC(C)(C)OC. The van der Waals surface area contributed by atoms with Crippen LogP contribution < -0.4 is 0 Å². The molecular formula is C12H25NO3. The summed E-state index contributed by atoms with van der Waals surface area (Å²) in [5.74, 6) is -0.746. The Hall–Kier alpha value is -0.610. The highest BCUT2D eigenvalue weighted by molar-refractivity contribution is 5.67. The van der Waals surface area contributed by atoms with E-state index in [9.17, 15) is 4.79 Å². The van der Waals surface area contributed by atoms with Crippen molar-refractivity contribution in [2.45, 2.75) is 52.2 Å². The third-order valence-corrected chi connectivity index (χ3v) is 3.02. The zero-order valence-corrected chi connectivity index (χ0v) is 11.1. The first-order valence-electron chi connectivity index (χ1n) is 5.87. The molecule has 1 atom stereocenters. The molecule has 0 aromatic rings. The van der Waals surface area contributed by atoms with Crippen LogP contribution in [0.15, 0.2) is 0 Å². The number of aliphatic carboxylic acids is 1. The van der Waals surface area contributed by atoms with Gasteiger partial charge in [0.05, 0.1) is 12.0 Å². The van der Waals surface area contributed by atoms with E-state index in [4.69, 9.17) is 9.84 Å². The van der Waals surface area contributed by atoms with Gasteiger partial charge in [-0.15, -0.1) is 0 Å². The lowest BCUT2D eigenvalue weighted by Crippen LogP contribution is -2.42. The maximum Gasteiger partial charge on any atom is 0.304 e.